The van der Waals surface area contributed by atoms with E-state index in [1.807, 2.05) is 13.0 Å². The maximum Gasteiger partial charge on any atom is 0.144 e. The highest BCUT2D eigenvalue weighted by atomic mass is 15.2. The van der Waals surface area contributed by atoms with Crippen LogP contribution in [0.5, 0.6) is 0 Å². The molecule has 1 atom stereocenters. The zero-order valence-corrected chi connectivity index (χ0v) is 11.7. The van der Waals surface area contributed by atoms with Crippen molar-refractivity contribution >= 4 is 5.82 Å². The zero-order valence-electron chi connectivity index (χ0n) is 11.7. The number of aromatic nitrogens is 2. The van der Waals surface area contributed by atoms with Crippen molar-refractivity contribution in [3.8, 4) is 0 Å². The highest BCUT2D eigenvalue weighted by molar-refractivity contribution is 5.35. The van der Waals surface area contributed by atoms with Crippen molar-refractivity contribution in [3.63, 3.8) is 0 Å². The van der Waals surface area contributed by atoms with Gasteiger partial charge in [-0.1, -0.05) is 6.92 Å². The first kappa shape index (κ1) is 13.3. The molecule has 0 aromatic carbocycles. The lowest BCUT2D eigenvalue weighted by Crippen LogP contribution is -2.29. The smallest absolute Gasteiger partial charge is 0.144 e. The van der Waals surface area contributed by atoms with Gasteiger partial charge >= 0.3 is 0 Å². The Balaban J connectivity index is 2.08. The number of aryl methyl sites for hydroxylation is 1. The Morgan fingerprint density at radius 2 is 2.22 bits per heavy atom. The second-order valence-electron chi connectivity index (χ2n) is 5.02. The Morgan fingerprint density at radius 3 is 2.94 bits per heavy atom. The van der Waals surface area contributed by atoms with Gasteiger partial charge in [-0.3, -0.25) is 4.90 Å². The van der Waals surface area contributed by atoms with Crippen LogP contribution in [0, 0.1) is 6.92 Å². The molecule has 1 aliphatic rings. The summed E-state index contributed by atoms with van der Waals surface area (Å²) in [5, 5.41) is 3.27. The third-order valence-corrected chi connectivity index (χ3v) is 3.57. The average Bonchev–Trinajstić information content (AvgIpc) is 2.76. The summed E-state index contributed by atoms with van der Waals surface area (Å²) < 4.78 is 0. The molecule has 1 aromatic rings. The van der Waals surface area contributed by atoms with Gasteiger partial charge in [-0.15, -0.1) is 0 Å². The van der Waals surface area contributed by atoms with Crippen LogP contribution in [0.25, 0.3) is 0 Å². The van der Waals surface area contributed by atoms with Crippen LogP contribution in [-0.2, 0) is 6.54 Å². The highest BCUT2D eigenvalue weighted by Crippen LogP contribution is 2.21. The van der Waals surface area contributed by atoms with Crippen LogP contribution >= 0.6 is 0 Å². The lowest BCUT2D eigenvalue weighted by atomic mass is 10.2. The number of hydrogen-bond donors (Lipinski definition) is 1. The molecule has 18 heavy (non-hydrogen) atoms. The number of likely N-dealkylation sites (tertiary alicyclic amines) is 1. The molecular formula is C14H24N4. The van der Waals surface area contributed by atoms with Gasteiger partial charge in [0.2, 0.25) is 0 Å². The Kier molecular flexibility index (Phi) is 4.53. The van der Waals surface area contributed by atoms with Crippen LogP contribution in [0.3, 0.4) is 0 Å². The van der Waals surface area contributed by atoms with Gasteiger partial charge in [-0.2, -0.15) is 0 Å². The summed E-state index contributed by atoms with van der Waals surface area (Å²) in [6.07, 6.45) is 3.86. The molecule has 2 rings (SSSR count). The summed E-state index contributed by atoms with van der Waals surface area (Å²) in [6, 6.07) is 2.73. The van der Waals surface area contributed by atoms with E-state index >= 15 is 0 Å². The first-order valence-electron chi connectivity index (χ1n) is 7.05. The van der Waals surface area contributed by atoms with Crippen molar-refractivity contribution in [2.24, 2.45) is 0 Å². The van der Waals surface area contributed by atoms with E-state index in [9.17, 15) is 0 Å². The van der Waals surface area contributed by atoms with E-state index in [1.165, 1.54) is 25.8 Å². The second kappa shape index (κ2) is 6.14. The maximum atomic E-state index is 4.59. The topological polar surface area (TPSA) is 41.1 Å². The Labute approximate surface area is 110 Å². The van der Waals surface area contributed by atoms with Gasteiger partial charge in [0.05, 0.1) is 6.54 Å². The van der Waals surface area contributed by atoms with Crippen molar-refractivity contribution in [2.45, 2.75) is 52.6 Å². The Bertz CT molecular complexity index is 391. The first-order valence-corrected chi connectivity index (χ1v) is 7.05. The molecule has 1 aromatic heterocycles. The monoisotopic (exact) mass is 248 g/mol. The van der Waals surface area contributed by atoms with Crippen LogP contribution < -0.4 is 5.32 Å². The Hall–Kier alpha value is -1.16. The van der Waals surface area contributed by atoms with Crippen molar-refractivity contribution in [1.82, 2.24) is 14.9 Å². The van der Waals surface area contributed by atoms with Gasteiger partial charge in [0.25, 0.3) is 0 Å². The molecular weight excluding hydrogens is 224 g/mol. The van der Waals surface area contributed by atoms with E-state index in [4.69, 9.17) is 0 Å². The third kappa shape index (κ3) is 3.19. The van der Waals surface area contributed by atoms with Crippen LogP contribution in [0.2, 0.25) is 0 Å². The molecule has 0 radical (unpaired) electrons. The van der Waals surface area contributed by atoms with E-state index in [0.717, 1.165) is 36.5 Å². The van der Waals surface area contributed by atoms with Gasteiger partial charge in [0.15, 0.2) is 0 Å². The molecule has 2 heterocycles. The molecule has 1 fully saturated rings. The minimum absolute atomic E-state index is 0.719. The fraction of sp³-hybridized carbons (Fsp3) is 0.714. The summed E-state index contributed by atoms with van der Waals surface area (Å²) in [7, 11) is 0. The molecule has 0 saturated carbocycles. The summed E-state index contributed by atoms with van der Waals surface area (Å²) >= 11 is 0. The standard InChI is InChI=1S/C14H24N4/c1-4-12-7-6-8-18(12)10-14-16-11(3)9-13(17-14)15-5-2/h9,12H,4-8,10H2,1-3H3,(H,15,16,17). The van der Waals surface area contributed by atoms with Gasteiger partial charge in [-0.05, 0) is 39.7 Å². The van der Waals surface area contributed by atoms with Gasteiger partial charge in [-0.25, -0.2) is 9.97 Å². The van der Waals surface area contributed by atoms with Crippen molar-refractivity contribution in [1.29, 1.82) is 0 Å². The lowest BCUT2D eigenvalue weighted by Gasteiger charge is -2.22. The zero-order chi connectivity index (χ0) is 13.0. The maximum absolute atomic E-state index is 4.59. The normalized spacial score (nSPS) is 20.3. The molecule has 0 bridgehead atoms. The minimum atomic E-state index is 0.719. The first-order chi connectivity index (χ1) is 8.72. The lowest BCUT2D eigenvalue weighted by molar-refractivity contribution is 0.234. The molecule has 4 heteroatoms. The van der Waals surface area contributed by atoms with Gasteiger partial charge in [0, 0.05) is 24.3 Å². The summed E-state index contributed by atoms with van der Waals surface area (Å²) in [5.41, 5.74) is 1.04. The van der Waals surface area contributed by atoms with E-state index in [-0.39, 0.29) is 0 Å². The second-order valence-corrected chi connectivity index (χ2v) is 5.02. The molecule has 1 aliphatic heterocycles. The Morgan fingerprint density at radius 1 is 1.39 bits per heavy atom. The molecule has 100 valence electrons. The van der Waals surface area contributed by atoms with Gasteiger partial charge in [0.1, 0.15) is 11.6 Å². The molecule has 1 N–H and O–H groups in total. The van der Waals surface area contributed by atoms with Crippen LogP contribution in [0.4, 0.5) is 5.82 Å². The van der Waals surface area contributed by atoms with E-state index < -0.39 is 0 Å². The van der Waals surface area contributed by atoms with E-state index in [0.29, 0.717) is 0 Å². The number of anilines is 1. The van der Waals surface area contributed by atoms with Crippen molar-refractivity contribution < 1.29 is 0 Å². The van der Waals surface area contributed by atoms with Crippen molar-refractivity contribution in [2.75, 3.05) is 18.4 Å². The third-order valence-electron chi connectivity index (χ3n) is 3.57. The van der Waals surface area contributed by atoms with E-state index in [1.54, 1.807) is 0 Å². The van der Waals surface area contributed by atoms with Crippen LogP contribution in [0.1, 0.15) is 44.6 Å². The summed E-state index contributed by atoms with van der Waals surface area (Å²) in [5.74, 6) is 1.90. The molecule has 0 amide bonds. The predicted octanol–water partition coefficient (Wildman–Crippen LogP) is 2.59. The molecule has 4 nitrogen and oxygen atoms in total. The van der Waals surface area contributed by atoms with E-state index in [2.05, 4.69) is 34.0 Å². The molecule has 1 unspecified atom stereocenters. The van der Waals surface area contributed by atoms with Crippen molar-refractivity contribution in [3.05, 3.63) is 17.6 Å². The quantitative estimate of drug-likeness (QED) is 0.869. The largest absolute Gasteiger partial charge is 0.370 e. The SMILES string of the molecule is CCNc1cc(C)nc(CN2CCCC2CC)n1. The summed E-state index contributed by atoms with van der Waals surface area (Å²) in [4.78, 5) is 11.7. The minimum Gasteiger partial charge on any atom is -0.370 e. The molecule has 0 aliphatic carbocycles. The number of nitrogens with zero attached hydrogens (tertiary/aromatic N) is 3. The van der Waals surface area contributed by atoms with Gasteiger partial charge < -0.3 is 5.32 Å². The highest BCUT2D eigenvalue weighted by Gasteiger charge is 2.23. The van der Waals surface area contributed by atoms with Crippen LogP contribution in [0.15, 0.2) is 6.07 Å². The van der Waals surface area contributed by atoms with Crippen LogP contribution in [-0.4, -0.2) is 34.0 Å². The number of nitrogens with one attached hydrogen (secondary N) is 1. The molecule has 1 saturated heterocycles. The number of rotatable bonds is 5. The predicted molar refractivity (Wildman–Crippen MR) is 74.7 cm³/mol. The molecule has 0 spiro atoms. The summed E-state index contributed by atoms with van der Waals surface area (Å²) in [6.45, 7) is 9.37. The number of hydrogen-bond acceptors (Lipinski definition) is 4. The fourth-order valence-electron chi connectivity index (χ4n) is 2.72. The fourth-order valence-corrected chi connectivity index (χ4v) is 2.72. The average molecular weight is 248 g/mol.